The molecule has 9 heteroatoms. The Morgan fingerprint density at radius 3 is 2.59 bits per heavy atom. The van der Waals surface area contributed by atoms with Gasteiger partial charge in [-0.1, -0.05) is 63.4 Å². The Hall–Kier alpha value is -2.45. The zero-order valence-electron chi connectivity index (χ0n) is 17.9. The molecule has 5 nitrogen and oxygen atoms in total. The van der Waals surface area contributed by atoms with Crippen LogP contribution in [0.4, 0.5) is 4.79 Å². The van der Waals surface area contributed by atoms with Crippen LogP contribution in [-0.4, -0.2) is 23.2 Å². The van der Waals surface area contributed by atoms with E-state index < -0.39 is 0 Å². The summed E-state index contributed by atoms with van der Waals surface area (Å²) in [7, 11) is 1.53. The molecule has 34 heavy (non-hydrogen) atoms. The summed E-state index contributed by atoms with van der Waals surface area (Å²) in [5.41, 5.74) is 2.36. The molecule has 2 amide bonds. The number of halogens is 3. The van der Waals surface area contributed by atoms with Gasteiger partial charge in [-0.2, -0.15) is 0 Å². The van der Waals surface area contributed by atoms with Gasteiger partial charge in [0.25, 0.3) is 11.1 Å². The van der Waals surface area contributed by atoms with Crippen molar-refractivity contribution in [1.29, 1.82) is 0 Å². The lowest BCUT2D eigenvalue weighted by molar-refractivity contribution is -0.123. The number of carbonyl (C=O) groups excluding carboxylic acids is 2. The summed E-state index contributed by atoms with van der Waals surface area (Å²) in [6.45, 7) is 0.449. The number of nitrogens with zero attached hydrogens (tertiary/aromatic N) is 1. The standard InChI is InChI=1S/C25H18BrCl2NO4S/c1-32-22-10-15(5-8-21(22)33-14-17-6-7-19(27)12-20(17)28)11-23-24(30)29(25(31)34-23)13-16-3-2-4-18(26)9-16/h2-12H,13-14H2,1H3/b23-11+. The van der Waals surface area contributed by atoms with Crippen molar-refractivity contribution in [1.82, 2.24) is 4.90 Å². The fraction of sp³-hybridized carbons (Fsp3) is 0.120. The molecule has 174 valence electrons. The third-order valence-electron chi connectivity index (χ3n) is 4.99. The molecular weight excluding hydrogens is 561 g/mol. The van der Waals surface area contributed by atoms with E-state index in [4.69, 9.17) is 32.7 Å². The Morgan fingerprint density at radius 1 is 1.03 bits per heavy atom. The van der Waals surface area contributed by atoms with Crippen LogP contribution in [-0.2, 0) is 17.9 Å². The van der Waals surface area contributed by atoms with E-state index in [1.807, 2.05) is 24.3 Å². The summed E-state index contributed by atoms with van der Waals surface area (Å²) in [4.78, 5) is 26.9. The van der Waals surface area contributed by atoms with E-state index in [1.54, 1.807) is 42.5 Å². The molecule has 3 aromatic rings. The van der Waals surface area contributed by atoms with E-state index in [1.165, 1.54) is 12.0 Å². The number of carbonyl (C=O) groups is 2. The molecule has 1 heterocycles. The molecule has 0 spiro atoms. The number of ether oxygens (including phenoxy) is 2. The van der Waals surface area contributed by atoms with E-state index >= 15 is 0 Å². The van der Waals surface area contributed by atoms with E-state index in [-0.39, 0.29) is 24.3 Å². The van der Waals surface area contributed by atoms with Crippen LogP contribution in [0.2, 0.25) is 10.0 Å². The molecule has 0 radical (unpaired) electrons. The smallest absolute Gasteiger partial charge is 0.293 e. The molecule has 1 aliphatic rings. The predicted molar refractivity (Wildman–Crippen MR) is 139 cm³/mol. The number of hydrogen-bond donors (Lipinski definition) is 0. The summed E-state index contributed by atoms with van der Waals surface area (Å²) < 4.78 is 12.2. The molecule has 0 atom stereocenters. The highest BCUT2D eigenvalue weighted by atomic mass is 79.9. The zero-order chi connectivity index (χ0) is 24.2. The highest BCUT2D eigenvalue weighted by molar-refractivity contribution is 9.10. The van der Waals surface area contributed by atoms with Gasteiger partial charge < -0.3 is 9.47 Å². The van der Waals surface area contributed by atoms with Gasteiger partial charge in [0, 0.05) is 20.1 Å². The molecule has 1 aliphatic heterocycles. The molecule has 0 saturated carbocycles. The first-order valence-corrected chi connectivity index (χ1v) is 12.4. The van der Waals surface area contributed by atoms with Crippen LogP contribution in [0.25, 0.3) is 6.08 Å². The van der Waals surface area contributed by atoms with Crippen LogP contribution in [0.15, 0.2) is 70.0 Å². The van der Waals surface area contributed by atoms with Crippen LogP contribution < -0.4 is 9.47 Å². The Kier molecular flexibility index (Phi) is 7.88. The monoisotopic (exact) mass is 577 g/mol. The summed E-state index contributed by atoms with van der Waals surface area (Å²) in [5.74, 6) is 0.687. The maximum absolute atomic E-state index is 12.9. The fourth-order valence-electron chi connectivity index (χ4n) is 3.29. The number of benzene rings is 3. The third-order valence-corrected chi connectivity index (χ3v) is 6.97. The highest BCUT2D eigenvalue weighted by Gasteiger charge is 2.35. The average molecular weight is 579 g/mol. The molecular formula is C25H18BrCl2NO4S. The fourth-order valence-corrected chi connectivity index (χ4v) is 5.04. The SMILES string of the molecule is COc1cc(/C=C2/SC(=O)N(Cc3cccc(Br)c3)C2=O)ccc1OCc1ccc(Cl)cc1Cl. The van der Waals surface area contributed by atoms with E-state index in [2.05, 4.69) is 15.9 Å². The first-order chi connectivity index (χ1) is 16.3. The minimum absolute atomic E-state index is 0.213. The van der Waals surface area contributed by atoms with E-state index in [0.717, 1.165) is 27.4 Å². The lowest BCUT2D eigenvalue weighted by atomic mass is 10.1. The van der Waals surface area contributed by atoms with Gasteiger partial charge >= 0.3 is 0 Å². The average Bonchev–Trinajstić information content (AvgIpc) is 3.06. The molecule has 1 fully saturated rings. The van der Waals surface area contributed by atoms with Gasteiger partial charge in [0.2, 0.25) is 0 Å². The molecule has 0 N–H and O–H groups in total. The molecule has 1 saturated heterocycles. The molecule has 0 bridgehead atoms. The number of hydrogen-bond acceptors (Lipinski definition) is 5. The Balaban J connectivity index is 1.49. The number of rotatable bonds is 7. The Bertz CT molecular complexity index is 1300. The minimum atomic E-state index is -0.327. The van der Waals surface area contributed by atoms with Crippen LogP contribution in [0.3, 0.4) is 0 Å². The number of imide groups is 1. The topological polar surface area (TPSA) is 55.8 Å². The van der Waals surface area contributed by atoms with E-state index in [9.17, 15) is 9.59 Å². The summed E-state index contributed by atoms with van der Waals surface area (Å²) in [6.07, 6.45) is 1.67. The van der Waals surface area contributed by atoms with Gasteiger partial charge in [-0.3, -0.25) is 14.5 Å². The lowest BCUT2D eigenvalue weighted by Crippen LogP contribution is -2.27. The van der Waals surface area contributed by atoms with Crippen molar-refractivity contribution in [3.63, 3.8) is 0 Å². The van der Waals surface area contributed by atoms with Gasteiger partial charge in [-0.05, 0) is 65.4 Å². The summed E-state index contributed by atoms with van der Waals surface area (Å²) >= 11 is 16.5. The number of methoxy groups -OCH3 is 1. The largest absolute Gasteiger partial charge is 0.493 e. The van der Waals surface area contributed by atoms with Crippen LogP contribution in [0, 0.1) is 0 Å². The van der Waals surface area contributed by atoms with Crippen molar-refractivity contribution in [3.05, 3.63) is 96.8 Å². The van der Waals surface area contributed by atoms with Crippen molar-refractivity contribution in [2.24, 2.45) is 0 Å². The van der Waals surface area contributed by atoms with Gasteiger partial charge in [-0.15, -0.1) is 0 Å². The maximum Gasteiger partial charge on any atom is 0.293 e. The van der Waals surface area contributed by atoms with Crippen LogP contribution in [0.5, 0.6) is 11.5 Å². The predicted octanol–water partition coefficient (Wildman–Crippen LogP) is 7.58. The zero-order valence-corrected chi connectivity index (χ0v) is 21.8. The first-order valence-electron chi connectivity index (χ1n) is 10.1. The molecule has 0 aliphatic carbocycles. The van der Waals surface area contributed by atoms with Crippen molar-refractivity contribution in [2.75, 3.05) is 7.11 Å². The van der Waals surface area contributed by atoms with Crippen molar-refractivity contribution < 1.29 is 19.1 Å². The first kappa shape index (κ1) is 24.7. The molecule has 0 aromatic heterocycles. The maximum atomic E-state index is 12.9. The lowest BCUT2D eigenvalue weighted by Gasteiger charge is -2.13. The van der Waals surface area contributed by atoms with Crippen LogP contribution >= 0.6 is 50.9 Å². The normalized spacial score (nSPS) is 14.7. The number of thioether (sulfide) groups is 1. The van der Waals surface area contributed by atoms with Gasteiger partial charge in [0.1, 0.15) is 6.61 Å². The Labute approximate surface area is 219 Å². The second kappa shape index (κ2) is 10.9. The van der Waals surface area contributed by atoms with Gasteiger partial charge in [-0.25, -0.2) is 0 Å². The van der Waals surface area contributed by atoms with Crippen molar-refractivity contribution >= 4 is 68.1 Å². The summed E-state index contributed by atoms with van der Waals surface area (Å²) in [6, 6.07) is 18.0. The second-order valence-electron chi connectivity index (χ2n) is 7.33. The third kappa shape index (κ3) is 5.78. The molecule has 0 unspecified atom stereocenters. The minimum Gasteiger partial charge on any atom is -0.493 e. The quantitative estimate of drug-likeness (QED) is 0.270. The second-order valence-corrected chi connectivity index (χ2v) is 10.1. The van der Waals surface area contributed by atoms with Crippen molar-refractivity contribution in [2.45, 2.75) is 13.2 Å². The highest BCUT2D eigenvalue weighted by Crippen LogP contribution is 2.36. The van der Waals surface area contributed by atoms with Crippen molar-refractivity contribution in [3.8, 4) is 11.5 Å². The van der Waals surface area contributed by atoms with E-state index in [0.29, 0.717) is 32.0 Å². The Morgan fingerprint density at radius 2 is 1.85 bits per heavy atom. The van der Waals surface area contributed by atoms with Crippen LogP contribution in [0.1, 0.15) is 16.7 Å². The molecule has 4 rings (SSSR count). The number of amides is 2. The summed E-state index contributed by atoms with van der Waals surface area (Å²) in [5, 5.41) is 0.765. The van der Waals surface area contributed by atoms with Gasteiger partial charge in [0.15, 0.2) is 11.5 Å². The molecule has 3 aromatic carbocycles. The van der Waals surface area contributed by atoms with Gasteiger partial charge in [0.05, 0.1) is 18.6 Å².